The van der Waals surface area contributed by atoms with Gasteiger partial charge in [0.05, 0.1) is 18.1 Å². The van der Waals surface area contributed by atoms with Crippen LogP contribution in [0.5, 0.6) is 0 Å². The van der Waals surface area contributed by atoms with Gasteiger partial charge in [-0.15, -0.1) is 0 Å². The molecule has 3 nitrogen and oxygen atoms in total. The molecule has 1 fully saturated rings. The maximum Gasteiger partial charge on any atom is 0.159 e. The molecule has 3 atom stereocenters. The second kappa shape index (κ2) is 6.25. The number of anilines is 1. The van der Waals surface area contributed by atoms with E-state index >= 15 is 0 Å². The number of hydrogen-bond donors (Lipinski definition) is 1. The quantitative estimate of drug-likeness (QED) is 0.907. The van der Waals surface area contributed by atoms with Gasteiger partial charge in [-0.1, -0.05) is 44.2 Å². The summed E-state index contributed by atoms with van der Waals surface area (Å²) in [6.45, 7) is 4.71. The van der Waals surface area contributed by atoms with Crippen LogP contribution in [0.2, 0.25) is 0 Å². The Balaban J connectivity index is 1.65. The van der Waals surface area contributed by atoms with Crippen LogP contribution in [0.1, 0.15) is 33.1 Å². The lowest BCUT2D eigenvalue weighted by atomic mass is 9.79. The number of nitrogens with one attached hydrogen (secondary N) is 1. The first-order valence-corrected chi connectivity index (χ1v) is 7.86. The predicted molar refractivity (Wildman–Crippen MR) is 87.1 cm³/mol. The minimum Gasteiger partial charge on any atom is -0.380 e. The summed E-state index contributed by atoms with van der Waals surface area (Å²) in [6.07, 6.45) is 7.59. The summed E-state index contributed by atoms with van der Waals surface area (Å²) in [4.78, 5) is 8.95. The molecule has 0 saturated heterocycles. The molecule has 1 aromatic carbocycles. The highest BCUT2D eigenvalue weighted by molar-refractivity contribution is 5.55. The van der Waals surface area contributed by atoms with Crippen molar-refractivity contribution in [2.24, 2.45) is 11.8 Å². The fraction of sp³-hybridized carbons (Fsp3) is 0.444. The highest BCUT2D eigenvalue weighted by Crippen LogP contribution is 2.30. The summed E-state index contributed by atoms with van der Waals surface area (Å²) in [5, 5.41) is 3.59. The molecule has 0 amide bonds. The van der Waals surface area contributed by atoms with Gasteiger partial charge in [0.1, 0.15) is 0 Å². The van der Waals surface area contributed by atoms with E-state index in [1.807, 2.05) is 42.7 Å². The van der Waals surface area contributed by atoms with Gasteiger partial charge < -0.3 is 5.32 Å². The number of benzene rings is 1. The van der Waals surface area contributed by atoms with Gasteiger partial charge >= 0.3 is 0 Å². The topological polar surface area (TPSA) is 37.8 Å². The van der Waals surface area contributed by atoms with Crippen LogP contribution in [-0.4, -0.2) is 16.0 Å². The lowest BCUT2D eigenvalue weighted by Crippen LogP contribution is -2.30. The first-order valence-electron chi connectivity index (χ1n) is 7.86. The summed E-state index contributed by atoms with van der Waals surface area (Å²) in [5.74, 6) is 2.42. The first-order chi connectivity index (χ1) is 10.2. The Morgan fingerprint density at radius 1 is 0.952 bits per heavy atom. The second-order valence-corrected chi connectivity index (χ2v) is 6.27. The molecule has 1 aromatic heterocycles. The van der Waals surface area contributed by atoms with Crippen molar-refractivity contribution in [1.82, 2.24) is 9.97 Å². The van der Waals surface area contributed by atoms with E-state index in [4.69, 9.17) is 0 Å². The second-order valence-electron chi connectivity index (χ2n) is 6.27. The third kappa shape index (κ3) is 3.41. The van der Waals surface area contributed by atoms with Gasteiger partial charge in [0.2, 0.25) is 0 Å². The molecule has 2 aromatic rings. The molecule has 1 aliphatic rings. The largest absolute Gasteiger partial charge is 0.380 e. The number of rotatable bonds is 3. The highest BCUT2D eigenvalue weighted by Gasteiger charge is 2.24. The van der Waals surface area contributed by atoms with Gasteiger partial charge in [-0.05, 0) is 31.1 Å². The van der Waals surface area contributed by atoms with Crippen molar-refractivity contribution >= 4 is 5.69 Å². The number of nitrogens with zero attached hydrogens (tertiary/aromatic N) is 2. The zero-order valence-corrected chi connectivity index (χ0v) is 12.8. The molecule has 21 heavy (non-hydrogen) atoms. The van der Waals surface area contributed by atoms with E-state index in [9.17, 15) is 0 Å². The Morgan fingerprint density at radius 3 is 2.33 bits per heavy atom. The van der Waals surface area contributed by atoms with Crippen LogP contribution in [0.4, 0.5) is 5.69 Å². The molecule has 3 unspecified atom stereocenters. The third-order valence-electron chi connectivity index (χ3n) is 4.65. The van der Waals surface area contributed by atoms with E-state index in [1.165, 1.54) is 19.3 Å². The Hall–Kier alpha value is -1.90. The first kappa shape index (κ1) is 14.1. The van der Waals surface area contributed by atoms with E-state index in [0.717, 1.165) is 28.9 Å². The van der Waals surface area contributed by atoms with Crippen molar-refractivity contribution in [1.29, 1.82) is 0 Å². The van der Waals surface area contributed by atoms with Crippen LogP contribution in [-0.2, 0) is 0 Å². The average molecular weight is 281 g/mol. The van der Waals surface area contributed by atoms with Gasteiger partial charge in [-0.3, -0.25) is 0 Å². The summed E-state index contributed by atoms with van der Waals surface area (Å²) in [7, 11) is 0. The molecule has 3 heteroatoms. The monoisotopic (exact) mass is 281 g/mol. The van der Waals surface area contributed by atoms with Gasteiger partial charge in [0, 0.05) is 11.6 Å². The molecule has 0 aliphatic heterocycles. The van der Waals surface area contributed by atoms with Crippen LogP contribution in [0, 0.1) is 11.8 Å². The van der Waals surface area contributed by atoms with Crippen LogP contribution in [0.3, 0.4) is 0 Å². The van der Waals surface area contributed by atoms with Crippen LogP contribution < -0.4 is 5.32 Å². The average Bonchev–Trinajstić information content (AvgIpc) is 2.53. The van der Waals surface area contributed by atoms with E-state index in [2.05, 4.69) is 29.1 Å². The van der Waals surface area contributed by atoms with Gasteiger partial charge in [-0.2, -0.15) is 0 Å². The Bertz CT molecular complexity index is 565. The minimum absolute atomic E-state index is 0.558. The van der Waals surface area contributed by atoms with E-state index in [1.54, 1.807) is 0 Å². The fourth-order valence-corrected chi connectivity index (χ4v) is 3.05. The zero-order valence-electron chi connectivity index (χ0n) is 12.8. The maximum atomic E-state index is 4.47. The zero-order chi connectivity index (χ0) is 14.7. The molecule has 0 radical (unpaired) electrons. The van der Waals surface area contributed by atoms with Crippen LogP contribution >= 0.6 is 0 Å². The molecule has 110 valence electrons. The summed E-state index contributed by atoms with van der Waals surface area (Å²) in [5.41, 5.74) is 2.09. The number of aromatic nitrogens is 2. The third-order valence-corrected chi connectivity index (χ3v) is 4.65. The Kier molecular flexibility index (Phi) is 4.18. The predicted octanol–water partition coefficient (Wildman–Crippen LogP) is 4.38. The van der Waals surface area contributed by atoms with Crippen LogP contribution in [0.15, 0.2) is 42.7 Å². The van der Waals surface area contributed by atoms with E-state index in [0.29, 0.717) is 6.04 Å². The molecule has 1 N–H and O–H groups in total. The lowest BCUT2D eigenvalue weighted by molar-refractivity contribution is 0.261. The molecule has 1 heterocycles. The Labute approximate surface area is 126 Å². The summed E-state index contributed by atoms with van der Waals surface area (Å²) in [6, 6.07) is 10.6. The van der Waals surface area contributed by atoms with Crippen molar-refractivity contribution in [2.75, 3.05) is 5.32 Å². The van der Waals surface area contributed by atoms with Crippen molar-refractivity contribution in [3.05, 3.63) is 42.7 Å². The van der Waals surface area contributed by atoms with Gasteiger partial charge in [0.15, 0.2) is 5.82 Å². The minimum atomic E-state index is 0.558. The molecule has 0 spiro atoms. The van der Waals surface area contributed by atoms with Crippen molar-refractivity contribution in [2.45, 2.75) is 39.2 Å². The van der Waals surface area contributed by atoms with Gasteiger partial charge in [0.25, 0.3) is 0 Å². The standard InChI is InChI=1S/C18H23N3/c1-13-8-9-16(10-14(13)2)21-17-11-19-18(20-12-17)15-6-4-3-5-7-15/h3-7,11-14,16,21H,8-10H2,1-2H3. The molecule has 3 rings (SSSR count). The highest BCUT2D eigenvalue weighted by atomic mass is 15.0. The summed E-state index contributed by atoms with van der Waals surface area (Å²) < 4.78 is 0. The lowest BCUT2D eigenvalue weighted by Gasteiger charge is -2.32. The van der Waals surface area contributed by atoms with Crippen LogP contribution in [0.25, 0.3) is 11.4 Å². The fourth-order valence-electron chi connectivity index (χ4n) is 3.05. The van der Waals surface area contributed by atoms with E-state index in [-0.39, 0.29) is 0 Å². The summed E-state index contributed by atoms with van der Waals surface area (Å²) >= 11 is 0. The normalized spacial score (nSPS) is 25.5. The smallest absolute Gasteiger partial charge is 0.159 e. The molecule has 0 bridgehead atoms. The molecular formula is C18H23N3. The van der Waals surface area contributed by atoms with Crippen molar-refractivity contribution < 1.29 is 0 Å². The molecular weight excluding hydrogens is 258 g/mol. The van der Waals surface area contributed by atoms with E-state index < -0.39 is 0 Å². The van der Waals surface area contributed by atoms with Crippen molar-refractivity contribution in [3.63, 3.8) is 0 Å². The van der Waals surface area contributed by atoms with Gasteiger partial charge in [-0.25, -0.2) is 9.97 Å². The van der Waals surface area contributed by atoms with Crippen molar-refractivity contribution in [3.8, 4) is 11.4 Å². The SMILES string of the molecule is CC1CCC(Nc2cnc(-c3ccccc3)nc2)CC1C. The maximum absolute atomic E-state index is 4.47. The molecule has 1 aliphatic carbocycles. The Morgan fingerprint density at radius 2 is 1.67 bits per heavy atom. The number of hydrogen-bond acceptors (Lipinski definition) is 3. The molecule has 1 saturated carbocycles.